The minimum atomic E-state index is -0.964. The Bertz CT molecular complexity index is 618. The average Bonchev–Trinajstić information content (AvgIpc) is 2.44. The maximum atomic E-state index is 13.0. The maximum absolute atomic E-state index is 13.0. The Balaban J connectivity index is 1.96. The van der Waals surface area contributed by atoms with Gasteiger partial charge in [0.2, 0.25) is 0 Å². The largest absolute Gasteiger partial charge is 0.387 e. The van der Waals surface area contributed by atoms with Crippen LogP contribution in [0.4, 0.5) is 4.39 Å². The van der Waals surface area contributed by atoms with E-state index in [1.165, 1.54) is 24.3 Å². The standard InChI is InChI=1S/C15H13ClFNO2/c16-12-5-1-4-11(7-12)15(20)18-9-14(19)10-3-2-6-13(17)8-10/h1-8,14,19H,9H2,(H,18,20)/t14-/m1/s1. The Morgan fingerprint density at radius 3 is 2.70 bits per heavy atom. The van der Waals surface area contributed by atoms with Crippen molar-refractivity contribution in [1.29, 1.82) is 0 Å². The smallest absolute Gasteiger partial charge is 0.251 e. The fourth-order valence-corrected chi connectivity index (χ4v) is 1.94. The first-order valence-corrected chi connectivity index (χ1v) is 6.41. The van der Waals surface area contributed by atoms with E-state index in [2.05, 4.69) is 5.32 Å². The molecule has 0 aliphatic heterocycles. The normalized spacial score (nSPS) is 11.9. The summed E-state index contributed by atoms with van der Waals surface area (Å²) in [6, 6.07) is 12.1. The molecule has 0 saturated heterocycles. The van der Waals surface area contributed by atoms with Gasteiger partial charge in [-0.05, 0) is 35.9 Å². The molecule has 0 unspecified atom stereocenters. The Morgan fingerprint density at radius 1 is 1.25 bits per heavy atom. The minimum Gasteiger partial charge on any atom is -0.387 e. The van der Waals surface area contributed by atoms with Gasteiger partial charge in [-0.25, -0.2) is 4.39 Å². The number of amides is 1. The summed E-state index contributed by atoms with van der Waals surface area (Å²) >= 11 is 5.79. The van der Waals surface area contributed by atoms with E-state index in [-0.39, 0.29) is 12.5 Å². The highest BCUT2D eigenvalue weighted by molar-refractivity contribution is 6.30. The number of aliphatic hydroxyl groups is 1. The molecule has 104 valence electrons. The van der Waals surface area contributed by atoms with Crippen LogP contribution in [0.3, 0.4) is 0 Å². The van der Waals surface area contributed by atoms with Crippen LogP contribution >= 0.6 is 11.6 Å². The number of hydrogen-bond acceptors (Lipinski definition) is 2. The molecule has 0 radical (unpaired) electrons. The SMILES string of the molecule is O=C(NC[C@@H](O)c1cccc(F)c1)c1cccc(Cl)c1. The van der Waals surface area contributed by atoms with E-state index >= 15 is 0 Å². The van der Waals surface area contributed by atoms with Crippen molar-refractivity contribution in [2.75, 3.05) is 6.54 Å². The summed E-state index contributed by atoms with van der Waals surface area (Å²) < 4.78 is 13.0. The molecular weight excluding hydrogens is 281 g/mol. The number of benzene rings is 2. The Kier molecular flexibility index (Phi) is 4.71. The van der Waals surface area contributed by atoms with Crippen molar-refractivity contribution in [1.82, 2.24) is 5.32 Å². The monoisotopic (exact) mass is 293 g/mol. The zero-order valence-corrected chi connectivity index (χ0v) is 11.3. The molecule has 0 spiro atoms. The van der Waals surface area contributed by atoms with Gasteiger partial charge in [-0.3, -0.25) is 4.79 Å². The predicted molar refractivity (Wildman–Crippen MR) is 75.1 cm³/mol. The first-order chi connectivity index (χ1) is 9.56. The van der Waals surface area contributed by atoms with E-state index < -0.39 is 11.9 Å². The van der Waals surface area contributed by atoms with E-state index in [0.29, 0.717) is 16.1 Å². The van der Waals surface area contributed by atoms with Gasteiger partial charge in [0.05, 0.1) is 6.10 Å². The second-order valence-electron chi connectivity index (χ2n) is 4.29. The van der Waals surface area contributed by atoms with Crippen molar-refractivity contribution in [3.05, 3.63) is 70.5 Å². The molecule has 2 aromatic carbocycles. The van der Waals surface area contributed by atoms with E-state index in [1.54, 1.807) is 24.3 Å². The van der Waals surface area contributed by atoms with Crippen LogP contribution in [0.2, 0.25) is 5.02 Å². The third-order valence-electron chi connectivity index (χ3n) is 2.78. The third-order valence-corrected chi connectivity index (χ3v) is 3.01. The van der Waals surface area contributed by atoms with Crippen molar-refractivity contribution >= 4 is 17.5 Å². The zero-order chi connectivity index (χ0) is 14.5. The molecule has 0 bridgehead atoms. The number of hydrogen-bond donors (Lipinski definition) is 2. The Hall–Kier alpha value is -1.91. The Morgan fingerprint density at radius 2 is 2.00 bits per heavy atom. The Labute approximate surface area is 121 Å². The molecule has 0 fully saturated rings. The second kappa shape index (κ2) is 6.50. The number of carbonyl (C=O) groups excluding carboxylic acids is 1. The van der Waals surface area contributed by atoms with E-state index in [9.17, 15) is 14.3 Å². The molecule has 1 atom stereocenters. The predicted octanol–water partition coefficient (Wildman–Crippen LogP) is 2.94. The second-order valence-corrected chi connectivity index (χ2v) is 4.73. The summed E-state index contributed by atoms with van der Waals surface area (Å²) in [7, 11) is 0. The highest BCUT2D eigenvalue weighted by Gasteiger charge is 2.11. The molecule has 5 heteroatoms. The summed E-state index contributed by atoms with van der Waals surface area (Å²) in [5.74, 6) is -0.773. The average molecular weight is 294 g/mol. The third kappa shape index (κ3) is 3.79. The molecule has 0 aromatic heterocycles. The van der Waals surface area contributed by atoms with Gasteiger partial charge in [-0.1, -0.05) is 29.8 Å². The zero-order valence-electron chi connectivity index (χ0n) is 10.5. The van der Waals surface area contributed by atoms with Crippen LogP contribution in [-0.2, 0) is 0 Å². The fourth-order valence-electron chi connectivity index (χ4n) is 1.75. The molecular formula is C15H13ClFNO2. The minimum absolute atomic E-state index is 0.00516. The molecule has 20 heavy (non-hydrogen) atoms. The fraction of sp³-hybridized carbons (Fsp3) is 0.133. The van der Waals surface area contributed by atoms with Crippen molar-refractivity contribution in [2.45, 2.75) is 6.10 Å². The summed E-state index contributed by atoms with van der Waals surface area (Å²) in [6.45, 7) is -0.00516. The first kappa shape index (κ1) is 14.5. The van der Waals surface area contributed by atoms with Gasteiger partial charge in [0, 0.05) is 17.1 Å². The van der Waals surface area contributed by atoms with Crippen molar-refractivity contribution in [3.8, 4) is 0 Å². The first-order valence-electron chi connectivity index (χ1n) is 6.03. The van der Waals surface area contributed by atoms with Gasteiger partial charge in [0.15, 0.2) is 0 Å². The van der Waals surface area contributed by atoms with E-state index in [0.717, 1.165) is 0 Å². The molecule has 2 aromatic rings. The number of carbonyl (C=O) groups is 1. The van der Waals surface area contributed by atoms with Gasteiger partial charge in [0.25, 0.3) is 5.91 Å². The number of halogens is 2. The van der Waals surface area contributed by atoms with Crippen LogP contribution in [0.5, 0.6) is 0 Å². The highest BCUT2D eigenvalue weighted by atomic mass is 35.5. The van der Waals surface area contributed by atoms with Gasteiger partial charge < -0.3 is 10.4 Å². The summed E-state index contributed by atoms with van der Waals surface area (Å²) in [4.78, 5) is 11.8. The van der Waals surface area contributed by atoms with Crippen LogP contribution in [0.25, 0.3) is 0 Å². The molecule has 0 aliphatic carbocycles. The molecule has 0 heterocycles. The van der Waals surface area contributed by atoms with E-state index in [1.807, 2.05) is 0 Å². The maximum Gasteiger partial charge on any atom is 0.251 e. The molecule has 2 N–H and O–H groups in total. The summed E-state index contributed by atoms with van der Waals surface area (Å²) in [5.41, 5.74) is 0.820. The van der Waals surface area contributed by atoms with Crippen LogP contribution < -0.4 is 5.32 Å². The van der Waals surface area contributed by atoms with Crippen LogP contribution in [0.15, 0.2) is 48.5 Å². The van der Waals surface area contributed by atoms with Crippen LogP contribution in [-0.4, -0.2) is 17.6 Å². The summed E-state index contributed by atoms with van der Waals surface area (Å²) in [5, 5.41) is 12.9. The molecule has 3 nitrogen and oxygen atoms in total. The van der Waals surface area contributed by atoms with Crippen LogP contribution in [0, 0.1) is 5.82 Å². The molecule has 0 saturated carbocycles. The lowest BCUT2D eigenvalue weighted by molar-refractivity contribution is 0.0916. The highest BCUT2D eigenvalue weighted by Crippen LogP contribution is 2.14. The van der Waals surface area contributed by atoms with E-state index in [4.69, 9.17) is 11.6 Å². The number of aliphatic hydroxyl groups excluding tert-OH is 1. The molecule has 0 aliphatic rings. The summed E-state index contributed by atoms with van der Waals surface area (Å²) in [6.07, 6.45) is -0.964. The van der Waals surface area contributed by atoms with Gasteiger partial charge in [-0.15, -0.1) is 0 Å². The lowest BCUT2D eigenvalue weighted by Crippen LogP contribution is -2.28. The lowest BCUT2D eigenvalue weighted by atomic mass is 10.1. The van der Waals surface area contributed by atoms with Gasteiger partial charge in [-0.2, -0.15) is 0 Å². The molecule has 1 amide bonds. The van der Waals surface area contributed by atoms with Crippen molar-refractivity contribution < 1.29 is 14.3 Å². The van der Waals surface area contributed by atoms with Crippen LogP contribution in [0.1, 0.15) is 22.0 Å². The number of rotatable bonds is 4. The van der Waals surface area contributed by atoms with Crippen molar-refractivity contribution in [2.24, 2.45) is 0 Å². The lowest BCUT2D eigenvalue weighted by Gasteiger charge is -2.12. The van der Waals surface area contributed by atoms with Crippen molar-refractivity contribution in [3.63, 3.8) is 0 Å². The number of nitrogens with one attached hydrogen (secondary N) is 1. The van der Waals surface area contributed by atoms with Gasteiger partial charge in [0.1, 0.15) is 5.82 Å². The topological polar surface area (TPSA) is 49.3 Å². The quantitative estimate of drug-likeness (QED) is 0.910. The molecule has 2 rings (SSSR count). The van der Waals surface area contributed by atoms with Gasteiger partial charge >= 0.3 is 0 Å².